The van der Waals surface area contributed by atoms with Crippen molar-refractivity contribution in [2.75, 3.05) is 23.7 Å². The van der Waals surface area contributed by atoms with Crippen LogP contribution in [-0.2, 0) is 0 Å². The van der Waals surface area contributed by atoms with Crippen molar-refractivity contribution in [3.63, 3.8) is 0 Å². The minimum absolute atomic E-state index is 0.216. The summed E-state index contributed by atoms with van der Waals surface area (Å²) >= 11 is 1.29. The molecule has 0 spiro atoms. The van der Waals surface area contributed by atoms with Gasteiger partial charge in [-0.25, -0.2) is 4.98 Å². The zero-order chi connectivity index (χ0) is 18.5. The molecule has 1 aliphatic heterocycles. The van der Waals surface area contributed by atoms with Crippen molar-refractivity contribution >= 4 is 28.2 Å². The van der Waals surface area contributed by atoms with Crippen molar-refractivity contribution in [1.82, 2.24) is 20.1 Å². The van der Waals surface area contributed by atoms with Crippen molar-refractivity contribution in [2.24, 2.45) is 0 Å². The fraction of sp³-hybridized carbons (Fsp3) is 0.579. The van der Waals surface area contributed by atoms with Gasteiger partial charge in [0.2, 0.25) is 5.13 Å². The van der Waals surface area contributed by atoms with E-state index in [1.807, 2.05) is 6.07 Å². The molecular formula is C19H26N6OS. The molecule has 0 bridgehead atoms. The number of nitrogens with zero attached hydrogens (tertiary/aromatic N) is 4. The van der Waals surface area contributed by atoms with E-state index in [1.165, 1.54) is 62.8 Å². The summed E-state index contributed by atoms with van der Waals surface area (Å²) in [6.45, 7) is 2.31. The fourth-order valence-electron chi connectivity index (χ4n) is 4.12. The van der Waals surface area contributed by atoms with Gasteiger partial charge in [-0.05, 0) is 44.4 Å². The van der Waals surface area contributed by atoms with Gasteiger partial charge in [0.1, 0.15) is 11.3 Å². The summed E-state index contributed by atoms with van der Waals surface area (Å²) in [5.41, 5.74) is 2.10. The van der Waals surface area contributed by atoms with Crippen LogP contribution < -0.4 is 10.6 Å². The Balaban J connectivity index is 1.31. The van der Waals surface area contributed by atoms with Gasteiger partial charge in [0.15, 0.2) is 0 Å². The average Bonchev–Trinajstić information content (AvgIpc) is 3.22. The van der Waals surface area contributed by atoms with E-state index in [2.05, 4.69) is 30.7 Å². The molecule has 0 radical (unpaired) electrons. The van der Waals surface area contributed by atoms with Gasteiger partial charge in [-0.2, -0.15) is 0 Å². The number of carbonyl (C=O) groups is 1. The highest BCUT2D eigenvalue weighted by molar-refractivity contribution is 7.13. The molecule has 144 valence electrons. The summed E-state index contributed by atoms with van der Waals surface area (Å²) in [6.07, 6.45) is 10.9. The molecule has 1 saturated heterocycles. The Morgan fingerprint density at radius 3 is 2.78 bits per heavy atom. The molecule has 2 N–H and O–H groups in total. The lowest BCUT2D eigenvalue weighted by atomic mass is 9.92. The number of piperidine rings is 1. The van der Waals surface area contributed by atoms with Crippen molar-refractivity contribution in [3.05, 3.63) is 29.4 Å². The van der Waals surface area contributed by atoms with Crippen LogP contribution in [0.5, 0.6) is 0 Å². The van der Waals surface area contributed by atoms with E-state index >= 15 is 0 Å². The largest absolute Gasteiger partial charge is 0.366 e. The molecule has 1 amide bonds. The number of hydrogen-bond donors (Lipinski definition) is 2. The third-order valence-electron chi connectivity index (χ3n) is 5.50. The van der Waals surface area contributed by atoms with Gasteiger partial charge < -0.3 is 5.32 Å². The molecule has 0 aromatic carbocycles. The van der Waals surface area contributed by atoms with E-state index in [0.29, 0.717) is 16.7 Å². The normalized spacial score (nSPS) is 21.7. The highest BCUT2D eigenvalue weighted by Gasteiger charge is 2.27. The van der Waals surface area contributed by atoms with Crippen LogP contribution in [0.2, 0.25) is 0 Å². The molecule has 8 heteroatoms. The third kappa shape index (κ3) is 4.81. The second kappa shape index (κ2) is 8.75. The summed E-state index contributed by atoms with van der Waals surface area (Å²) in [4.78, 5) is 19.3. The molecule has 7 nitrogen and oxygen atoms in total. The Bertz CT molecular complexity index is 729. The lowest BCUT2D eigenvalue weighted by molar-refractivity contribution is 0.102. The first-order valence-electron chi connectivity index (χ1n) is 9.82. The second-order valence-electron chi connectivity index (χ2n) is 7.40. The molecule has 2 aromatic rings. The molecule has 27 heavy (non-hydrogen) atoms. The highest BCUT2D eigenvalue weighted by atomic mass is 32.1. The maximum atomic E-state index is 12.2. The number of amides is 1. The average molecular weight is 387 g/mol. The number of likely N-dealkylation sites (tertiary alicyclic amines) is 1. The van der Waals surface area contributed by atoms with Gasteiger partial charge in [-0.3, -0.25) is 15.0 Å². The SMILES string of the molecule is O=C(Nc1nncs1)c1ccc(NC2CCCN(C3CCCCC3)C2)nc1. The minimum Gasteiger partial charge on any atom is -0.366 e. The lowest BCUT2D eigenvalue weighted by Gasteiger charge is -2.40. The van der Waals surface area contributed by atoms with Gasteiger partial charge >= 0.3 is 0 Å². The van der Waals surface area contributed by atoms with Crippen LogP contribution in [0.4, 0.5) is 10.9 Å². The predicted octanol–water partition coefficient (Wildman–Crippen LogP) is 3.39. The molecule has 3 heterocycles. The van der Waals surface area contributed by atoms with Crippen LogP contribution >= 0.6 is 11.3 Å². The molecule has 1 unspecified atom stereocenters. The highest BCUT2D eigenvalue weighted by Crippen LogP contribution is 2.26. The molecule has 1 saturated carbocycles. The summed E-state index contributed by atoms with van der Waals surface area (Å²) in [5, 5.41) is 14.3. The van der Waals surface area contributed by atoms with E-state index in [-0.39, 0.29) is 5.91 Å². The zero-order valence-corrected chi connectivity index (χ0v) is 16.2. The third-order valence-corrected chi connectivity index (χ3v) is 6.11. The van der Waals surface area contributed by atoms with E-state index in [0.717, 1.165) is 18.4 Å². The van der Waals surface area contributed by atoms with Crippen LogP contribution in [0.25, 0.3) is 0 Å². The first kappa shape index (κ1) is 18.3. The maximum Gasteiger partial charge on any atom is 0.259 e. The van der Waals surface area contributed by atoms with Gasteiger partial charge in [0.05, 0.1) is 5.56 Å². The number of pyridine rings is 1. The van der Waals surface area contributed by atoms with Gasteiger partial charge in [0, 0.05) is 24.8 Å². The van der Waals surface area contributed by atoms with Crippen LogP contribution in [0.15, 0.2) is 23.8 Å². The number of rotatable bonds is 5. The Labute approximate surface area is 163 Å². The van der Waals surface area contributed by atoms with E-state index < -0.39 is 0 Å². The number of anilines is 2. The molecule has 1 aliphatic carbocycles. The number of carbonyl (C=O) groups excluding carboxylic acids is 1. The van der Waals surface area contributed by atoms with Crippen LogP contribution in [0, 0.1) is 0 Å². The van der Waals surface area contributed by atoms with E-state index in [1.54, 1.807) is 17.8 Å². The van der Waals surface area contributed by atoms with Crippen molar-refractivity contribution in [2.45, 2.75) is 57.0 Å². The fourth-order valence-corrected chi connectivity index (χ4v) is 4.56. The van der Waals surface area contributed by atoms with Crippen molar-refractivity contribution in [1.29, 1.82) is 0 Å². The number of hydrogen-bond acceptors (Lipinski definition) is 7. The smallest absolute Gasteiger partial charge is 0.259 e. The zero-order valence-electron chi connectivity index (χ0n) is 15.4. The second-order valence-corrected chi connectivity index (χ2v) is 8.23. The van der Waals surface area contributed by atoms with E-state index in [9.17, 15) is 4.79 Å². The first-order valence-corrected chi connectivity index (χ1v) is 10.7. The summed E-state index contributed by atoms with van der Waals surface area (Å²) in [7, 11) is 0. The van der Waals surface area contributed by atoms with E-state index in [4.69, 9.17) is 0 Å². The quantitative estimate of drug-likeness (QED) is 0.819. The minimum atomic E-state index is -0.216. The Morgan fingerprint density at radius 1 is 1.15 bits per heavy atom. The van der Waals surface area contributed by atoms with Gasteiger partial charge in [0.25, 0.3) is 5.91 Å². The molecule has 2 aromatic heterocycles. The topological polar surface area (TPSA) is 83.0 Å². The summed E-state index contributed by atoms with van der Waals surface area (Å²) in [5.74, 6) is 0.616. The predicted molar refractivity (Wildman–Crippen MR) is 107 cm³/mol. The van der Waals surface area contributed by atoms with Gasteiger partial charge in [-0.15, -0.1) is 10.2 Å². The number of aromatic nitrogens is 3. The molecular weight excluding hydrogens is 360 g/mol. The summed E-state index contributed by atoms with van der Waals surface area (Å²) < 4.78 is 0. The number of nitrogens with one attached hydrogen (secondary N) is 2. The van der Waals surface area contributed by atoms with Crippen LogP contribution in [-0.4, -0.2) is 51.2 Å². The monoisotopic (exact) mass is 386 g/mol. The standard InChI is InChI=1S/C19H26N6OS/c26-18(23-19-24-21-13-27-19)14-8-9-17(20-11-14)22-15-5-4-10-25(12-15)16-6-2-1-3-7-16/h8-9,11,13,15-16H,1-7,10,12H2,(H,20,22)(H,23,24,26). The Morgan fingerprint density at radius 2 is 2.04 bits per heavy atom. The molecule has 4 rings (SSSR count). The van der Waals surface area contributed by atoms with Crippen molar-refractivity contribution < 1.29 is 4.79 Å². The molecule has 2 fully saturated rings. The first-order chi connectivity index (χ1) is 13.3. The maximum absolute atomic E-state index is 12.2. The lowest BCUT2D eigenvalue weighted by Crippen LogP contribution is -2.47. The molecule has 2 aliphatic rings. The van der Waals surface area contributed by atoms with Crippen molar-refractivity contribution in [3.8, 4) is 0 Å². The van der Waals surface area contributed by atoms with Gasteiger partial charge in [-0.1, -0.05) is 30.6 Å². The van der Waals surface area contributed by atoms with Crippen LogP contribution in [0.1, 0.15) is 55.3 Å². The Kier molecular flexibility index (Phi) is 5.94. The summed E-state index contributed by atoms with van der Waals surface area (Å²) in [6, 6.07) is 4.87. The molecule has 1 atom stereocenters. The van der Waals surface area contributed by atoms with Crippen LogP contribution in [0.3, 0.4) is 0 Å². The Hall–Kier alpha value is -2.06.